The van der Waals surface area contributed by atoms with Gasteiger partial charge in [-0.2, -0.15) is 0 Å². The Morgan fingerprint density at radius 1 is 1.45 bits per heavy atom. The van der Waals surface area contributed by atoms with Gasteiger partial charge < -0.3 is 10.2 Å². The van der Waals surface area contributed by atoms with Gasteiger partial charge in [0.15, 0.2) is 4.58 Å². The maximum atomic E-state index is 13.3. The zero-order valence-electron chi connectivity index (χ0n) is 6.77. The number of aliphatic hydroxyl groups is 2. The third-order valence-corrected chi connectivity index (χ3v) is 2.91. The van der Waals surface area contributed by atoms with E-state index in [4.69, 9.17) is 5.11 Å². The SMILES string of the molecule is CC(C)(O)C(F)(Br)CCCO. The van der Waals surface area contributed by atoms with E-state index < -0.39 is 10.2 Å². The van der Waals surface area contributed by atoms with E-state index in [1.54, 1.807) is 0 Å². The van der Waals surface area contributed by atoms with Gasteiger partial charge in [0, 0.05) is 6.61 Å². The normalized spacial score (nSPS) is 18.0. The molecule has 0 heterocycles. The number of aliphatic hydroxyl groups excluding tert-OH is 1. The Labute approximate surface area is 74.6 Å². The van der Waals surface area contributed by atoms with Crippen LogP contribution in [0.4, 0.5) is 4.39 Å². The van der Waals surface area contributed by atoms with E-state index in [0.717, 1.165) is 0 Å². The summed E-state index contributed by atoms with van der Waals surface area (Å²) in [6, 6.07) is 0. The lowest BCUT2D eigenvalue weighted by Crippen LogP contribution is -2.41. The highest BCUT2D eigenvalue weighted by atomic mass is 79.9. The molecule has 0 spiro atoms. The highest BCUT2D eigenvalue weighted by Gasteiger charge is 2.41. The topological polar surface area (TPSA) is 40.5 Å². The summed E-state index contributed by atoms with van der Waals surface area (Å²) >= 11 is 2.78. The van der Waals surface area contributed by atoms with Crippen molar-refractivity contribution in [2.75, 3.05) is 6.61 Å². The first-order valence-corrected chi connectivity index (χ1v) is 4.31. The lowest BCUT2D eigenvalue weighted by atomic mass is 9.99. The van der Waals surface area contributed by atoms with E-state index in [-0.39, 0.29) is 13.0 Å². The van der Waals surface area contributed by atoms with Gasteiger partial charge in [0.1, 0.15) is 5.60 Å². The number of alkyl halides is 2. The molecule has 0 amide bonds. The van der Waals surface area contributed by atoms with Crippen molar-refractivity contribution < 1.29 is 14.6 Å². The Balaban J connectivity index is 4.00. The van der Waals surface area contributed by atoms with Crippen molar-refractivity contribution >= 4 is 15.9 Å². The van der Waals surface area contributed by atoms with Crippen molar-refractivity contribution in [3.05, 3.63) is 0 Å². The minimum atomic E-state index is -1.80. The van der Waals surface area contributed by atoms with Crippen LogP contribution in [0.25, 0.3) is 0 Å². The number of halogens is 2. The molecular formula is C7H14BrFO2. The van der Waals surface area contributed by atoms with Crippen molar-refractivity contribution in [2.24, 2.45) is 0 Å². The van der Waals surface area contributed by atoms with Gasteiger partial charge in [-0.3, -0.25) is 0 Å². The minimum Gasteiger partial charge on any atom is -0.396 e. The smallest absolute Gasteiger partial charge is 0.192 e. The second-order valence-corrected chi connectivity index (χ2v) is 4.35. The first-order valence-electron chi connectivity index (χ1n) is 3.52. The molecule has 0 radical (unpaired) electrons. The maximum absolute atomic E-state index is 13.3. The fraction of sp³-hybridized carbons (Fsp3) is 1.00. The summed E-state index contributed by atoms with van der Waals surface area (Å²) < 4.78 is 11.5. The van der Waals surface area contributed by atoms with Crippen molar-refractivity contribution in [1.29, 1.82) is 0 Å². The van der Waals surface area contributed by atoms with Gasteiger partial charge in [0.25, 0.3) is 0 Å². The molecule has 1 atom stereocenters. The van der Waals surface area contributed by atoms with Crippen LogP contribution >= 0.6 is 15.9 Å². The van der Waals surface area contributed by atoms with Gasteiger partial charge in [0.05, 0.1) is 0 Å². The Hall–Kier alpha value is 0.330. The van der Waals surface area contributed by atoms with Crippen LogP contribution in [0.5, 0.6) is 0 Å². The monoisotopic (exact) mass is 228 g/mol. The molecule has 0 saturated heterocycles. The lowest BCUT2D eigenvalue weighted by molar-refractivity contribution is -0.0253. The molecule has 0 bridgehead atoms. The minimum absolute atomic E-state index is 0.0622. The fourth-order valence-corrected chi connectivity index (χ4v) is 0.887. The van der Waals surface area contributed by atoms with E-state index in [9.17, 15) is 9.50 Å². The van der Waals surface area contributed by atoms with Gasteiger partial charge in [-0.1, -0.05) is 0 Å². The van der Waals surface area contributed by atoms with Gasteiger partial charge >= 0.3 is 0 Å². The zero-order chi connectivity index (χ0) is 9.12. The van der Waals surface area contributed by atoms with Crippen LogP contribution in [0.15, 0.2) is 0 Å². The molecule has 0 rings (SSSR count). The Morgan fingerprint density at radius 2 is 1.91 bits per heavy atom. The van der Waals surface area contributed by atoms with Crippen molar-refractivity contribution in [2.45, 2.75) is 36.9 Å². The van der Waals surface area contributed by atoms with Gasteiger partial charge in [-0.15, -0.1) is 0 Å². The summed E-state index contributed by atoms with van der Waals surface area (Å²) in [4.78, 5) is 0. The summed E-state index contributed by atoms with van der Waals surface area (Å²) in [5, 5.41) is 17.7. The van der Waals surface area contributed by atoms with E-state index in [0.29, 0.717) is 6.42 Å². The first-order chi connectivity index (χ1) is 4.81. The predicted octanol–water partition coefficient (Wildman–Crippen LogP) is 1.59. The van der Waals surface area contributed by atoms with Gasteiger partial charge in [-0.25, -0.2) is 4.39 Å². The number of rotatable bonds is 4. The van der Waals surface area contributed by atoms with Crippen molar-refractivity contribution in [3.8, 4) is 0 Å². The fourth-order valence-electron chi connectivity index (χ4n) is 0.607. The van der Waals surface area contributed by atoms with Crippen LogP contribution in [0.1, 0.15) is 26.7 Å². The molecule has 0 aromatic carbocycles. The maximum Gasteiger partial charge on any atom is 0.192 e. The summed E-state index contributed by atoms with van der Waals surface area (Å²) in [7, 11) is 0. The molecule has 0 fully saturated rings. The van der Waals surface area contributed by atoms with Crippen LogP contribution in [0, 0.1) is 0 Å². The summed E-state index contributed by atoms with van der Waals surface area (Å²) in [6.45, 7) is 2.71. The molecule has 0 aliphatic carbocycles. The third-order valence-electron chi connectivity index (χ3n) is 1.54. The molecule has 0 saturated carbocycles. The van der Waals surface area contributed by atoms with Crippen LogP contribution < -0.4 is 0 Å². The zero-order valence-corrected chi connectivity index (χ0v) is 8.36. The molecule has 0 aliphatic rings. The average molecular weight is 229 g/mol. The molecular weight excluding hydrogens is 215 g/mol. The summed E-state index contributed by atoms with van der Waals surface area (Å²) in [6.07, 6.45) is 0.443. The molecule has 1 unspecified atom stereocenters. The van der Waals surface area contributed by atoms with Crippen LogP contribution in [-0.4, -0.2) is 27.0 Å². The van der Waals surface area contributed by atoms with E-state index >= 15 is 0 Å². The summed E-state index contributed by atoms with van der Waals surface area (Å²) in [5.74, 6) is 0. The lowest BCUT2D eigenvalue weighted by Gasteiger charge is -2.30. The molecule has 0 aromatic rings. The van der Waals surface area contributed by atoms with Crippen molar-refractivity contribution in [1.82, 2.24) is 0 Å². The average Bonchev–Trinajstić information content (AvgIpc) is 1.81. The Bertz CT molecular complexity index is 120. The molecule has 0 aromatic heterocycles. The number of hydrogen-bond acceptors (Lipinski definition) is 2. The molecule has 2 nitrogen and oxygen atoms in total. The van der Waals surface area contributed by atoms with E-state index in [1.165, 1.54) is 13.8 Å². The van der Waals surface area contributed by atoms with E-state index in [2.05, 4.69) is 15.9 Å². The van der Waals surface area contributed by atoms with Crippen molar-refractivity contribution in [3.63, 3.8) is 0 Å². The highest BCUT2D eigenvalue weighted by molar-refractivity contribution is 9.10. The Kier molecular flexibility index (Phi) is 3.94. The second kappa shape index (κ2) is 3.83. The Morgan fingerprint density at radius 3 is 2.18 bits per heavy atom. The number of hydrogen-bond donors (Lipinski definition) is 2. The highest BCUT2D eigenvalue weighted by Crippen LogP contribution is 2.36. The molecule has 2 N–H and O–H groups in total. The molecule has 11 heavy (non-hydrogen) atoms. The van der Waals surface area contributed by atoms with Crippen LogP contribution in [0.2, 0.25) is 0 Å². The van der Waals surface area contributed by atoms with Crippen LogP contribution in [-0.2, 0) is 0 Å². The van der Waals surface area contributed by atoms with Gasteiger partial charge in [-0.05, 0) is 42.6 Å². The predicted molar refractivity (Wildman–Crippen MR) is 45.4 cm³/mol. The van der Waals surface area contributed by atoms with Gasteiger partial charge in [0.2, 0.25) is 0 Å². The molecule has 4 heteroatoms. The third kappa shape index (κ3) is 3.49. The van der Waals surface area contributed by atoms with E-state index in [1.807, 2.05) is 0 Å². The molecule has 0 aliphatic heterocycles. The second-order valence-electron chi connectivity index (χ2n) is 3.09. The van der Waals surface area contributed by atoms with Crippen LogP contribution in [0.3, 0.4) is 0 Å². The summed E-state index contributed by atoms with van der Waals surface area (Å²) in [5.41, 5.74) is -1.41. The standard InChI is InChI=1S/C7H14BrFO2/c1-6(2,11)7(8,9)4-3-5-10/h10-11H,3-5H2,1-2H3. The quantitative estimate of drug-likeness (QED) is 0.718. The first kappa shape index (κ1) is 11.3. The largest absolute Gasteiger partial charge is 0.396 e. The molecule has 68 valence electrons.